The highest BCUT2D eigenvalue weighted by Gasteiger charge is 2.13. The van der Waals surface area contributed by atoms with Crippen LogP contribution in [0.4, 0.5) is 0 Å². The van der Waals surface area contributed by atoms with Crippen molar-refractivity contribution in [2.45, 2.75) is 39.8 Å². The minimum Gasteiger partial charge on any atom is -0.485 e. The first-order chi connectivity index (χ1) is 12.9. The van der Waals surface area contributed by atoms with Crippen molar-refractivity contribution in [3.8, 4) is 5.75 Å². The molecule has 3 aromatic rings. The first-order valence-electron chi connectivity index (χ1n) is 9.00. The molecule has 0 aliphatic carbocycles. The second-order valence-corrected chi connectivity index (χ2v) is 6.96. The highest BCUT2D eigenvalue weighted by molar-refractivity contribution is 5.91. The number of hydrogen-bond acceptors (Lipinski definition) is 4. The van der Waals surface area contributed by atoms with Crippen LogP contribution in [0.5, 0.6) is 5.75 Å². The van der Waals surface area contributed by atoms with Crippen LogP contribution in [0.2, 0.25) is 0 Å². The third-order valence-electron chi connectivity index (χ3n) is 4.26. The molecule has 0 radical (unpaired) electrons. The third kappa shape index (κ3) is 4.78. The van der Waals surface area contributed by atoms with Crippen molar-refractivity contribution in [3.63, 3.8) is 0 Å². The lowest BCUT2D eigenvalue weighted by Gasteiger charge is -2.14. The number of aromatic nitrogens is 2. The van der Waals surface area contributed by atoms with E-state index in [1.165, 1.54) is 0 Å². The van der Waals surface area contributed by atoms with Crippen LogP contribution < -0.4 is 10.1 Å². The molecule has 0 fully saturated rings. The van der Waals surface area contributed by atoms with Crippen molar-refractivity contribution in [1.82, 2.24) is 15.1 Å². The van der Waals surface area contributed by atoms with Gasteiger partial charge in [0.25, 0.3) is 5.91 Å². The molecule has 6 heteroatoms. The van der Waals surface area contributed by atoms with E-state index >= 15 is 0 Å². The number of rotatable bonds is 7. The Kier molecular flexibility index (Phi) is 5.64. The van der Waals surface area contributed by atoms with E-state index in [0.29, 0.717) is 18.2 Å². The van der Waals surface area contributed by atoms with Crippen molar-refractivity contribution in [3.05, 3.63) is 70.9 Å². The van der Waals surface area contributed by atoms with Crippen molar-refractivity contribution in [2.24, 2.45) is 7.05 Å². The average Bonchev–Trinajstić information content (AvgIpc) is 3.26. The van der Waals surface area contributed by atoms with Crippen LogP contribution in [0.3, 0.4) is 0 Å². The first-order valence-corrected chi connectivity index (χ1v) is 9.00. The highest BCUT2D eigenvalue weighted by atomic mass is 16.5. The van der Waals surface area contributed by atoms with Crippen LogP contribution in [0.25, 0.3) is 0 Å². The lowest BCUT2D eigenvalue weighted by Crippen LogP contribution is -2.22. The van der Waals surface area contributed by atoms with E-state index in [-0.39, 0.29) is 18.3 Å². The minimum atomic E-state index is -0.261. The van der Waals surface area contributed by atoms with E-state index < -0.39 is 0 Å². The second kappa shape index (κ2) is 8.12. The molecule has 3 rings (SSSR count). The maximum atomic E-state index is 12.2. The number of carbonyl (C=O) groups excluding carboxylic acids is 1. The normalized spacial score (nSPS) is 11.0. The summed E-state index contributed by atoms with van der Waals surface area (Å²) in [4.78, 5) is 12.2. The van der Waals surface area contributed by atoms with Gasteiger partial charge < -0.3 is 14.5 Å². The van der Waals surface area contributed by atoms with Crippen molar-refractivity contribution >= 4 is 5.91 Å². The second-order valence-electron chi connectivity index (χ2n) is 6.96. The minimum absolute atomic E-state index is 0.261. The summed E-state index contributed by atoms with van der Waals surface area (Å²) in [6.45, 7) is 6.98. The summed E-state index contributed by atoms with van der Waals surface area (Å²) in [5.74, 6) is 1.84. The summed E-state index contributed by atoms with van der Waals surface area (Å²) in [6.07, 6.45) is 3.58. The first kappa shape index (κ1) is 18.8. The van der Waals surface area contributed by atoms with Gasteiger partial charge in [0.1, 0.15) is 18.1 Å². The van der Waals surface area contributed by atoms with Crippen molar-refractivity contribution in [2.75, 3.05) is 0 Å². The highest BCUT2D eigenvalue weighted by Crippen LogP contribution is 2.28. The number of furan rings is 1. The van der Waals surface area contributed by atoms with E-state index in [9.17, 15) is 4.79 Å². The van der Waals surface area contributed by atoms with Gasteiger partial charge in [-0.25, -0.2) is 0 Å². The number of carbonyl (C=O) groups is 1. The fourth-order valence-electron chi connectivity index (χ4n) is 2.80. The molecule has 0 saturated carbocycles. The molecule has 0 unspecified atom stereocenters. The smallest absolute Gasteiger partial charge is 0.287 e. The van der Waals surface area contributed by atoms with Crippen molar-refractivity contribution in [1.29, 1.82) is 0 Å². The zero-order valence-electron chi connectivity index (χ0n) is 16.2. The zero-order valence-corrected chi connectivity index (χ0v) is 16.2. The number of nitrogens with zero attached hydrogens (tertiary/aromatic N) is 2. The molecule has 0 atom stereocenters. The Hall–Kier alpha value is -3.02. The molecule has 0 aliphatic rings. The van der Waals surface area contributed by atoms with Crippen LogP contribution in [0.15, 0.2) is 47.1 Å². The molecule has 1 amide bonds. The van der Waals surface area contributed by atoms with E-state index in [0.717, 1.165) is 22.4 Å². The van der Waals surface area contributed by atoms with Crippen LogP contribution in [-0.4, -0.2) is 15.7 Å². The van der Waals surface area contributed by atoms with Gasteiger partial charge in [0.2, 0.25) is 0 Å². The summed E-state index contributed by atoms with van der Waals surface area (Å²) >= 11 is 0. The van der Waals surface area contributed by atoms with E-state index in [2.05, 4.69) is 36.4 Å². The summed E-state index contributed by atoms with van der Waals surface area (Å²) in [7, 11) is 1.84. The zero-order chi connectivity index (χ0) is 19.4. The number of benzene rings is 1. The lowest BCUT2D eigenvalue weighted by molar-refractivity contribution is 0.0919. The Morgan fingerprint density at radius 3 is 2.81 bits per heavy atom. The fraction of sp³-hybridized carbons (Fsp3) is 0.333. The van der Waals surface area contributed by atoms with Gasteiger partial charge in [-0.05, 0) is 42.2 Å². The maximum absolute atomic E-state index is 12.2. The number of aryl methyl sites for hydroxylation is 2. The van der Waals surface area contributed by atoms with Gasteiger partial charge in [-0.2, -0.15) is 5.10 Å². The number of ether oxygens (including phenoxy) is 1. The SMILES string of the molecule is Cc1ccc(C(C)C)c(OCc2ccc(C(=O)NCc3cnn(C)c3)o2)c1. The van der Waals surface area contributed by atoms with Gasteiger partial charge in [-0.15, -0.1) is 0 Å². The predicted molar refractivity (Wildman–Crippen MR) is 103 cm³/mol. The van der Waals surface area contributed by atoms with Gasteiger partial charge in [-0.1, -0.05) is 26.0 Å². The average molecular weight is 367 g/mol. The monoisotopic (exact) mass is 367 g/mol. The van der Waals surface area contributed by atoms with E-state index in [1.54, 1.807) is 23.0 Å². The number of amides is 1. The van der Waals surface area contributed by atoms with Gasteiger partial charge in [0.05, 0.1) is 6.20 Å². The Bertz CT molecular complexity index is 924. The van der Waals surface area contributed by atoms with Crippen LogP contribution in [0, 0.1) is 6.92 Å². The van der Waals surface area contributed by atoms with Crippen LogP contribution in [0.1, 0.15) is 52.8 Å². The quantitative estimate of drug-likeness (QED) is 0.686. The molecular formula is C21H25N3O3. The molecule has 0 spiro atoms. The molecule has 6 nitrogen and oxygen atoms in total. The Balaban J connectivity index is 1.59. The van der Waals surface area contributed by atoms with Crippen LogP contribution >= 0.6 is 0 Å². The molecule has 0 bridgehead atoms. The van der Waals surface area contributed by atoms with E-state index in [1.807, 2.05) is 26.2 Å². The standard InChI is InChI=1S/C21H25N3O3/c1-14(2)18-7-5-15(3)9-20(18)26-13-17-6-8-19(27-17)21(25)22-10-16-11-23-24(4)12-16/h5-9,11-12,14H,10,13H2,1-4H3,(H,22,25). The van der Waals surface area contributed by atoms with E-state index in [4.69, 9.17) is 9.15 Å². The summed E-state index contributed by atoms with van der Waals surface area (Å²) in [6, 6.07) is 9.63. The summed E-state index contributed by atoms with van der Waals surface area (Å²) in [5.41, 5.74) is 3.23. The lowest BCUT2D eigenvalue weighted by atomic mass is 10.0. The largest absolute Gasteiger partial charge is 0.485 e. The Labute approximate surface area is 159 Å². The number of hydrogen-bond donors (Lipinski definition) is 1. The molecular weight excluding hydrogens is 342 g/mol. The van der Waals surface area contributed by atoms with Crippen LogP contribution in [-0.2, 0) is 20.2 Å². The molecule has 0 aliphatic heterocycles. The molecule has 142 valence electrons. The third-order valence-corrected chi connectivity index (χ3v) is 4.26. The van der Waals surface area contributed by atoms with Gasteiger partial charge >= 0.3 is 0 Å². The Morgan fingerprint density at radius 1 is 1.30 bits per heavy atom. The van der Waals surface area contributed by atoms with Gasteiger partial charge in [0.15, 0.2) is 5.76 Å². The number of nitrogens with one attached hydrogen (secondary N) is 1. The molecule has 1 N–H and O–H groups in total. The molecule has 2 heterocycles. The van der Waals surface area contributed by atoms with Gasteiger partial charge in [-0.3, -0.25) is 9.48 Å². The predicted octanol–water partition coefficient (Wildman–Crippen LogP) is 3.95. The molecule has 1 aromatic carbocycles. The maximum Gasteiger partial charge on any atom is 0.287 e. The topological polar surface area (TPSA) is 69.3 Å². The van der Waals surface area contributed by atoms with Gasteiger partial charge in [0, 0.05) is 25.4 Å². The summed E-state index contributed by atoms with van der Waals surface area (Å²) < 4.78 is 13.3. The van der Waals surface area contributed by atoms with Crippen molar-refractivity contribution < 1.29 is 13.9 Å². The summed E-state index contributed by atoms with van der Waals surface area (Å²) in [5, 5.41) is 6.90. The molecule has 27 heavy (non-hydrogen) atoms. The fourth-order valence-corrected chi connectivity index (χ4v) is 2.80. The molecule has 2 aromatic heterocycles. The molecule has 0 saturated heterocycles. The Morgan fingerprint density at radius 2 is 2.11 bits per heavy atom.